The van der Waals surface area contributed by atoms with Crippen LogP contribution in [0.5, 0.6) is 5.75 Å². The van der Waals surface area contributed by atoms with Crippen molar-refractivity contribution in [1.29, 1.82) is 0 Å². The van der Waals surface area contributed by atoms with Crippen molar-refractivity contribution in [2.24, 2.45) is 5.92 Å². The standard InChI is InChI=1S/C25H29ClF3NO/c1-18(31-23-11-7-21(8-12-23)25(27,28)29)19-4-2-15-30(16-19)17-24(13-3-14-24)20-5-9-22(26)10-6-20/h5-12,18-19H,2-4,13-17H2,1H3/t18-,19+/m0/s1. The fraction of sp³-hybridized carbons (Fsp3) is 0.520. The number of halogens is 4. The van der Waals surface area contributed by atoms with Crippen molar-refractivity contribution in [3.05, 3.63) is 64.7 Å². The summed E-state index contributed by atoms with van der Waals surface area (Å²) < 4.78 is 44.4. The summed E-state index contributed by atoms with van der Waals surface area (Å²) in [5.41, 5.74) is 0.938. The maximum atomic E-state index is 12.8. The van der Waals surface area contributed by atoms with Crippen LogP contribution in [0.1, 0.15) is 50.2 Å². The lowest BCUT2D eigenvalue weighted by Gasteiger charge is -2.48. The topological polar surface area (TPSA) is 12.5 Å². The first-order valence-corrected chi connectivity index (χ1v) is 11.5. The van der Waals surface area contributed by atoms with Gasteiger partial charge in [0.05, 0.1) is 11.7 Å². The van der Waals surface area contributed by atoms with Crippen molar-refractivity contribution in [3.8, 4) is 5.75 Å². The SMILES string of the molecule is C[C@H](Oc1ccc(C(F)(F)F)cc1)[C@@H]1CCCN(CC2(c3ccc(Cl)cc3)CCC2)C1. The van der Waals surface area contributed by atoms with E-state index >= 15 is 0 Å². The predicted octanol–water partition coefficient (Wildman–Crippen LogP) is 6.96. The van der Waals surface area contributed by atoms with E-state index in [-0.39, 0.29) is 11.5 Å². The minimum absolute atomic E-state index is 0.0487. The summed E-state index contributed by atoms with van der Waals surface area (Å²) in [6.45, 7) is 5.11. The molecule has 0 amide bonds. The van der Waals surface area contributed by atoms with E-state index in [4.69, 9.17) is 16.3 Å². The van der Waals surface area contributed by atoms with Gasteiger partial charge in [-0.1, -0.05) is 30.2 Å². The predicted molar refractivity (Wildman–Crippen MR) is 118 cm³/mol. The molecule has 0 radical (unpaired) electrons. The summed E-state index contributed by atoms with van der Waals surface area (Å²) in [6.07, 6.45) is 1.48. The molecule has 0 aromatic heterocycles. The van der Waals surface area contributed by atoms with Gasteiger partial charge in [0.2, 0.25) is 0 Å². The van der Waals surface area contributed by atoms with Crippen LogP contribution in [0, 0.1) is 5.92 Å². The Morgan fingerprint density at radius 2 is 1.74 bits per heavy atom. The molecule has 31 heavy (non-hydrogen) atoms. The molecule has 1 aliphatic carbocycles. The van der Waals surface area contributed by atoms with Crippen molar-refractivity contribution in [1.82, 2.24) is 4.90 Å². The van der Waals surface area contributed by atoms with Crippen LogP contribution in [0.4, 0.5) is 13.2 Å². The maximum absolute atomic E-state index is 12.8. The van der Waals surface area contributed by atoms with Crippen molar-refractivity contribution in [2.45, 2.75) is 56.7 Å². The number of benzene rings is 2. The Bertz CT molecular complexity index is 862. The van der Waals surface area contributed by atoms with E-state index in [2.05, 4.69) is 17.0 Å². The number of hydrogen-bond donors (Lipinski definition) is 0. The van der Waals surface area contributed by atoms with Gasteiger partial charge in [0.1, 0.15) is 5.75 Å². The number of likely N-dealkylation sites (tertiary alicyclic amines) is 1. The van der Waals surface area contributed by atoms with Gasteiger partial charge in [-0.05, 0) is 81.1 Å². The zero-order chi connectivity index (χ0) is 22.1. The first kappa shape index (κ1) is 22.5. The molecule has 168 valence electrons. The quantitative estimate of drug-likeness (QED) is 0.470. The van der Waals surface area contributed by atoms with Crippen molar-refractivity contribution in [2.75, 3.05) is 19.6 Å². The highest BCUT2D eigenvalue weighted by Gasteiger charge is 2.41. The molecule has 2 aliphatic rings. The molecule has 4 rings (SSSR count). The van der Waals surface area contributed by atoms with Crippen LogP contribution < -0.4 is 4.74 Å². The first-order chi connectivity index (χ1) is 14.7. The second kappa shape index (κ2) is 9.03. The van der Waals surface area contributed by atoms with E-state index in [1.54, 1.807) is 0 Å². The number of hydrogen-bond acceptors (Lipinski definition) is 2. The van der Waals surface area contributed by atoms with Gasteiger partial charge in [0.25, 0.3) is 0 Å². The monoisotopic (exact) mass is 451 g/mol. The Morgan fingerprint density at radius 1 is 1.06 bits per heavy atom. The molecule has 0 bridgehead atoms. The lowest BCUT2D eigenvalue weighted by Crippen LogP contribution is -2.50. The summed E-state index contributed by atoms with van der Waals surface area (Å²) in [5, 5.41) is 0.769. The largest absolute Gasteiger partial charge is 0.490 e. The van der Waals surface area contributed by atoms with E-state index < -0.39 is 11.7 Å². The van der Waals surface area contributed by atoms with E-state index in [1.807, 2.05) is 19.1 Å². The molecule has 2 atom stereocenters. The Kier molecular flexibility index (Phi) is 6.55. The Labute approximate surface area is 187 Å². The number of piperidine rings is 1. The van der Waals surface area contributed by atoms with E-state index in [9.17, 15) is 13.2 Å². The van der Waals surface area contributed by atoms with E-state index in [1.165, 1.54) is 37.0 Å². The average molecular weight is 452 g/mol. The number of rotatable bonds is 6. The zero-order valence-electron chi connectivity index (χ0n) is 17.8. The highest BCUT2D eigenvalue weighted by molar-refractivity contribution is 6.30. The molecule has 1 heterocycles. The second-order valence-electron chi connectivity index (χ2n) is 9.12. The van der Waals surface area contributed by atoms with Crippen LogP contribution >= 0.6 is 11.6 Å². The molecule has 2 nitrogen and oxygen atoms in total. The van der Waals surface area contributed by atoms with Gasteiger partial charge in [-0.25, -0.2) is 0 Å². The molecule has 1 saturated heterocycles. The van der Waals surface area contributed by atoms with Gasteiger partial charge in [0.15, 0.2) is 0 Å². The third-order valence-electron chi connectivity index (χ3n) is 7.00. The van der Waals surface area contributed by atoms with Gasteiger partial charge in [-0.2, -0.15) is 13.2 Å². The minimum atomic E-state index is -4.32. The van der Waals surface area contributed by atoms with Crippen LogP contribution in [-0.4, -0.2) is 30.6 Å². The van der Waals surface area contributed by atoms with Crippen LogP contribution in [0.15, 0.2) is 48.5 Å². The molecular weight excluding hydrogens is 423 g/mol. The van der Waals surface area contributed by atoms with Crippen LogP contribution in [0.3, 0.4) is 0 Å². The highest BCUT2D eigenvalue weighted by atomic mass is 35.5. The number of ether oxygens (including phenoxy) is 1. The van der Waals surface area contributed by atoms with Crippen LogP contribution in [0.2, 0.25) is 5.02 Å². The lowest BCUT2D eigenvalue weighted by atomic mass is 9.64. The molecular formula is C25H29ClF3NO. The van der Waals surface area contributed by atoms with Gasteiger partial charge in [0, 0.05) is 29.4 Å². The second-order valence-corrected chi connectivity index (χ2v) is 9.56. The van der Waals surface area contributed by atoms with Gasteiger partial charge >= 0.3 is 6.18 Å². The molecule has 2 aromatic rings. The lowest BCUT2D eigenvalue weighted by molar-refractivity contribution is -0.137. The van der Waals surface area contributed by atoms with Crippen LogP contribution in [-0.2, 0) is 11.6 Å². The summed E-state index contributed by atoms with van der Waals surface area (Å²) >= 11 is 6.09. The molecule has 0 spiro atoms. The summed E-state index contributed by atoms with van der Waals surface area (Å²) in [5.74, 6) is 0.854. The molecule has 0 N–H and O–H groups in total. The van der Waals surface area contributed by atoms with E-state index in [0.717, 1.165) is 49.6 Å². The van der Waals surface area contributed by atoms with Crippen molar-refractivity contribution < 1.29 is 17.9 Å². The first-order valence-electron chi connectivity index (χ1n) is 11.1. The highest BCUT2D eigenvalue weighted by Crippen LogP contribution is 2.45. The van der Waals surface area contributed by atoms with Crippen molar-refractivity contribution >= 4 is 11.6 Å². The normalized spacial score (nSPS) is 22.5. The third-order valence-corrected chi connectivity index (χ3v) is 7.25. The van der Waals surface area contributed by atoms with E-state index in [0.29, 0.717) is 11.7 Å². The molecule has 2 aromatic carbocycles. The fourth-order valence-corrected chi connectivity index (χ4v) is 5.15. The smallest absolute Gasteiger partial charge is 0.416 e. The van der Waals surface area contributed by atoms with Gasteiger partial charge in [-0.15, -0.1) is 0 Å². The minimum Gasteiger partial charge on any atom is -0.490 e. The Hall–Kier alpha value is -1.72. The molecule has 1 aliphatic heterocycles. The summed E-state index contributed by atoms with van der Waals surface area (Å²) in [6, 6.07) is 13.3. The molecule has 6 heteroatoms. The number of alkyl halides is 3. The maximum Gasteiger partial charge on any atom is 0.416 e. The van der Waals surface area contributed by atoms with Crippen LogP contribution in [0.25, 0.3) is 0 Å². The molecule has 2 fully saturated rings. The summed E-state index contributed by atoms with van der Waals surface area (Å²) in [7, 11) is 0. The van der Waals surface area contributed by atoms with Gasteiger partial charge in [-0.3, -0.25) is 0 Å². The molecule has 0 unspecified atom stereocenters. The third kappa shape index (κ3) is 5.20. The number of nitrogens with zero attached hydrogens (tertiary/aromatic N) is 1. The zero-order valence-corrected chi connectivity index (χ0v) is 18.6. The fourth-order valence-electron chi connectivity index (χ4n) is 5.02. The van der Waals surface area contributed by atoms with Crippen molar-refractivity contribution in [3.63, 3.8) is 0 Å². The average Bonchev–Trinajstić information content (AvgIpc) is 2.71. The Balaban J connectivity index is 1.37. The summed E-state index contributed by atoms with van der Waals surface area (Å²) in [4.78, 5) is 2.55. The van der Waals surface area contributed by atoms with Gasteiger partial charge < -0.3 is 9.64 Å². The molecule has 1 saturated carbocycles. The Morgan fingerprint density at radius 3 is 2.32 bits per heavy atom.